The van der Waals surface area contributed by atoms with Crippen molar-refractivity contribution in [1.82, 2.24) is 0 Å². The molecule has 0 aliphatic rings. The van der Waals surface area contributed by atoms with Crippen molar-refractivity contribution in [2.45, 2.75) is 14.7 Å². The summed E-state index contributed by atoms with van der Waals surface area (Å²) in [4.78, 5) is -2.08. The summed E-state index contributed by atoms with van der Waals surface area (Å²) in [7, 11) is -13.8. The van der Waals surface area contributed by atoms with Crippen molar-refractivity contribution >= 4 is 65.1 Å². The molecule has 0 aliphatic carbocycles. The minimum Gasteiger partial charge on any atom is -0.872 e. The third-order valence-electron chi connectivity index (χ3n) is 3.36. The molecule has 3 rings (SSSR count). The third kappa shape index (κ3) is 11.9. The monoisotopic (exact) mass is 570 g/mol. The molecule has 0 unspecified atom stereocenters. The first-order valence-corrected chi connectivity index (χ1v) is 12.4. The first-order valence-electron chi connectivity index (χ1n) is 8.21. The van der Waals surface area contributed by atoms with Crippen LogP contribution in [0.15, 0.2) is 87.5 Å². The van der Waals surface area contributed by atoms with Crippen molar-refractivity contribution < 1.29 is 54.2 Å². The zero-order valence-corrected chi connectivity index (χ0v) is 22.0. The van der Waals surface area contributed by atoms with Gasteiger partial charge in [0.2, 0.25) is 0 Å². The molecule has 0 spiro atoms. The summed E-state index contributed by atoms with van der Waals surface area (Å²) in [6, 6.07) is 14.2. The molecular formula is C18H12Al2O12S3. The summed E-state index contributed by atoms with van der Waals surface area (Å²) in [5.41, 5.74) is 0. The van der Waals surface area contributed by atoms with Gasteiger partial charge in [0.15, 0.2) is 0 Å². The number of benzene rings is 3. The molecule has 35 heavy (non-hydrogen) atoms. The van der Waals surface area contributed by atoms with Gasteiger partial charge in [0.25, 0.3) is 0 Å². The normalized spacial score (nSPS) is 10.7. The second-order valence-corrected chi connectivity index (χ2v) is 9.75. The van der Waals surface area contributed by atoms with E-state index in [-0.39, 0.29) is 34.7 Å². The van der Waals surface area contributed by atoms with Crippen molar-refractivity contribution in [3.8, 4) is 17.2 Å². The van der Waals surface area contributed by atoms with Crippen LogP contribution >= 0.6 is 0 Å². The zero-order valence-electron chi connectivity index (χ0n) is 17.2. The van der Waals surface area contributed by atoms with Gasteiger partial charge in [-0.15, -0.1) is 0 Å². The summed E-state index contributed by atoms with van der Waals surface area (Å²) in [6.07, 6.45) is 0. The Labute approximate surface area is 223 Å². The van der Waals surface area contributed by atoms with E-state index >= 15 is 0 Å². The van der Waals surface area contributed by atoms with Gasteiger partial charge in [0, 0.05) is 14.7 Å². The predicted octanol–water partition coefficient (Wildman–Crippen LogP) is -1.77. The Morgan fingerprint density at radius 3 is 0.686 bits per heavy atom. The molecule has 0 heterocycles. The van der Waals surface area contributed by atoms with Crippen molar-refractivity contribution in [2.75, 3.05) is 0 Å². The number of hydrogen-bond donors (Lipinski definition) is 0. The standard InChI is InChI=1S/3C6H6O4S.2Al/c3*7-5-3-1-2-4-6(5)11(8,9)10;;/h3*1-4,7H,(H,8,9,10);;/q;;;2*+3/p-6. The van der Waals surface area contributed by atoms with Gasteiger partial charge in [-0.1, -0.05) is 71.8 Å². The fourth-order valence-electron chi connectivity index (χ4n) is 1.97. The number of hydrogen-bond acceptors (Lipinski definition) is 12. The Kier molecular flexibility index (Phi) is 14.4. The van der Waals surface area contributed by atoms with E-state index in [0.717, 1.165) is 36.4 Å². The van der Waals surface area contributed by atoms with E-state index in [1.807, 2.05) is 0 Å². The van der Waals surface area contributed by atoms with Gasteiger partial charge in [-0.25, -0.2) is 25.3 Å². The average molecular weight is 570 g/mol. The average Bonchev–Trinajstić information content (AvgIpc) is 2.67. The molecule has 3 aromatic rings. The van der Waals surface area contributed by atoms with Gasteiger partial charge < -0.3 is 29.0 Å². The Balaban J connectivity index is 0. The first-order chi connectivity index (χ1) is 15.0. The van der Waals surface area contributed by atoms with Crippen molar-refractivity contribution in [3.63, 3.8) is 0 Å². The molecule has 0 radical (unpaired) electrons. The fourth-order valence-corrected chi connectivity index (χ4v) is 3.65. The summed E-state index contributed by atoms with van der Waals surface area (Å²) in [5, 5.41) is 32.1. The van der Waals surface area contributed by atoms with Crippen LogP contribution in [0.25, 0.3) is 0 Å². The molecule has 0 saturated heterocycles. The smallest absolute Gasteiger partial charge is 0.872 e. The molecular weight excluding hydrogens is 558 g/mol. The SMILES string of the molecule is O=S(=O)([O-])c1ccccc1[O-].O=S(=O)([O-])c1ccccc1[O-].O=S(=O)([O-])c1ccccc1[O-].[Al+3].[Al+3]. The second kappa shape index (κ2) is 14.4. The fraction of sp³-hybridized carbons (Fsp3) is 0. The molecule has 0 fully saturated rings. The van der Waals surface area contributed by atoms with Crippen LogP contribution in [-0.2, 0) is 30.4 Å². The van der Waals surface area contributed by atoms with Crippen LogP contribution in [0.5, 0.6) is 17.2 Å². The van der Waals surface area contributed by atoms with Crippen LogP contribution in [0.4, 0.5) is 0 Å². The van der Waals surface area contributed by atoms with Crippen LogP contribution in [0, 0.1) is 0 Å². The van der Waals surface area contributed by atoms with E-state index < -0.39 is 62.3 Å². The molecule has 0 atom stereocenters. The van der Waals surface area contributed by atoms with E-state index in [9.17, 15) is 54.2 Å². The Bertz CT molecular complexity index is 1250. The Hall–Kier alpha value is -2.15. The van der Waals surface area contributed by atoms with Crippen LogP contribution in [0.1, 0.15) is 0 Å². The summed E-state index contributed by atoms with van der Waals surface area (Å²) in [6.45, 7) is 0. The topological polar surface area (TPSA) is 241 Å². The third-order valence-corrected chi connectivity index (χ3v) is 5.98. The Morgan fingerprint density at radius 1 is 0.400 bits per heavy atom. The molecule has 0 N–H and O–H groups in total. The molecule has 0 amide bonds. The molecule has 0 aliphatic heterocycles. The van der Waals surface area contributed by atoms with Gasteiger partial charge in [-0.05, 0) is 18.2 Å². The van der Waals surface area contributed by atoms with E-state index in [2.05, 4.69) is 0 Å². The van der Waals surface area contributed by atoms with Crippen LogP contribution < -0.4 is 15.3 Å². The second-order valence-electron chi connectivity index (χ2n) is 5.70. The van der Waals surface area contributed by atoms with Crippen molar-refractivity contribution in [1.29, 1.82) is 0 Å². The molecule has 0 saturated carbocycles. The molecule has 0 bridgehead atoms. The molecule has 180 valence electrons. The van der Waals surface area contributed by atoms with Gasteiger partial charge >= 0.3 is 34.7 Å². The first kappa shape index (κ1) is 35.0. The summed E-state index contributed by atoms with van der Waals surface area (Å²) in [5.74, 6) is -2.28. The van der Waals surface area contributed by atoms with Crippen molar-refractivity contribution in [3.05, 3.63) is 72.8 Å². The molecule has 17 heteroatoms. The van der Waals surface area contributed by atoms with Gasteiger partial charge in [-0.2, -0.15) is 0 Å². The van der Waals surface area contributed by atoms with Crippen LogP contribution in [-0.4, -0.2) is 73.6 Å². The molecule has 0 aromatic heterocycles. The summed E-state index contributed by atoms with van der Waals surface area (Å²) >= 11 is 0. The maximum absolute atomic E-state index is 10.7. The quantitative estimate of drug-likeness (QED) is 0.251. The van der Waals surface area contributed by atoms with Gasteiger partial charge in [0.1, 0.15) is 30.4 Å². The molecule has 3 aromatic carbocycles. The van der Waals surface area contributed by atoms with Gasteiger partial charge in [-0.3, -0.25) is 0 Å². The minimum absolute atomic E-state index is 0. The predicted molar refractivity (Wildman–Crippen MR) is 113 cm³/mol. The van der Waals surface area contributed by atoms with Gasteiger partial charge in [0.05, 0.1) is 0 Å². The Morgan fingerprint density at radius 2 is 0.571 bits per heavy atom. The zero-order chi connectivity index (χ0) is 25.4. The summed E-state index contributed by atoms with van der Waals surface area (Å²) < 4.78 is 92.7. The van der Waals surface area contributed by atoms with E-state index in [1.54, 1.807) is 0 Å². The van der Waals surface area contributed by atoms with Crippen LogP contribution in [0.2, 0.25) is 0 Å². The maximum Gasteiger partial charge on any atom is 3.00 e. The van der Waals surface area contributed by atoms with E-state index in [0.29, 0.717) is 0 Å². The maximum atomic E-state index is 10.7. The number of para-hydroxylation sites is 3. The minimum atomic E-state index is -4.60. The largest absolute Gasteiger partial charge is 3.00 e. The van der Waals surface area contributed by atoms with Crippen molar-refractivity contribution in [2.24, 2.45) is 0 Å². The van der Waals surface area contributed by atoms with E-state index in [4.69, 9.17) is 0 Å². The molecule has 12 nitrogen and oxygen atoms in total. The van der Waals surface area contributed by atoms with Crippen LogP contribution in [0.3, 0.4) is 0 Å². The van der Waals surface area contributed by atoms with E-state index in [1.165, 1.54) is 36.4 Å². The number of rotatable bonds is 3.